The van der Waals surface area contributed by atoms with Gasteiger partial charge in [0.15, 0.2) is 5.78 Å². The van der Waals surface area contributed by atoms with Gasteiger partial charge in [0.2, 0.25) is 0 Å². The van der Waals surface area contributed by atoms with Crippen molar-refractivity contribution in [3.63, 3.8) is 0 Å². The van der Waals surface area contributed by atoms with Crippen LogP contribution in [0.5, 0.6) is 5.75 Å². The van der Waals surface area contributed by atoms with E-state index in [1.54, 1.807) is 12.1 Å². The number of hydrogen-bond acceptors (Lipinski definition) is 3. The fourth-order valence-electron chi connectivity index (χ4n) is 2.70. The number of rotatable bonds is 3. The van der Waals surface area contributed by atoms with Gasteiger partial charge < -0.3 is 4.74 Å². The monoisotopic (exact) mass is 280 g/mol. The molecule has 1 atom stereocenters. The quantitative estimate of drug-likeness (QED) is 0.489. The van der Waals surface area contributed by atoms with Crippen molar-refractivity contribution in [3.05, 3.63) is 65.2 Å². The molecule has 1 aliphatic rings. The third kappa shape index (κ3) is 2.87. The van der Waals surface area contributed by atoms with Crippen molar-refractivity contribution in [1.29, 1.82) is 0 Å². The average molecular weight is 280 g/mol. The summed E-state index contributed by atoms with van der Waals surface area (Å²) >= 11 is 0. The van der Waals surface area contributed by atoms with E-state index in [0.717, 1.165) is 11.1 Å². The highest BCUT2D eigenvalue weighted by Gasteiger charge is 2.29. The number of hydrogen-bond donors (Lipinski definition) is 0. The number of ether oxygens (including phenoxy) is 1. The summed E-state index contributed by atoms with van der Waals surface area (Å²) in [4.78, 5) is 24.1. The molecule has 2 aromatic carbocycles. The lowest BCUT2D eigenvalue weighted by Gasteiger charge is -2.24. The summed E-state index contributed by atoms with van der Waals surface area (Å²) in [6, 6.07) is 14.9. The zero-order chi connectivity index (χ0) is 14.8. The van der Waals surface area contributed by atoms with Gasteiger partial charge in [-0.3, -0.25) is 9.59 Å². The minimum Gasteiger partial charge on any atom is -0.426 e. The predicted molar refractivity (Wildman–Crippen MR) is 79.6 cm³/mol. The first-order valence-electron chi connectivity index (χ1n) is 7.03. The Kier molecular flexibility index (Phi) is 3.57. The van der Waals surface area contributed by atoms with Crippen LogP contribution in [-0.4, -0.2) is 11.8 Å². The Morgan fingerprint density at radius 1 is 1.19 bits per heavy atom. The van der Waals surface area contributed by atoms with E-state index in [2.05, 4.69) is 0 Å². The third-order valence-electron chi connectivity index (χ3n) is 3.77. The molecule has 0 aliphatic carbocycles. The standard InChI is InChI=1S/C18H16O3/c1-12-7-8-17-15(9-12)14(11-18(20)21-17)10-16(19)13-5-3-2-4-6-13/h2-9,14H,10-11H2,1H3. The highest BCUT2D eigenvalue weighted by molar-refractivity contribution is 5.97. The van der Waals surface area contributed by atoms with Gasteiger partial charge in [0.05, 0.1) is 6.42 Å². The van der Waals surface area contributed by atoms with Crippen molar-refractivity contribution in [3.8, 4) is 5.75 Å². The Morgan fingerprint density at radius 3 is 2.71 bits per heavy atom. The molecule has 3 rings (SSSR count). The van der Waals surface area contributed by atoms with E-state index >= 15 is 0 Å². The zero-order valence-electron chi connectivity index (χ0n) is 11.8. The molecular weight excluding hydrogens is 264 g/mol. The van der Waals surface area contributed by atoms with E-state index < -0.39 is 0 Å². The summed E-state index contributed by atoms with van der Waals surface area (Å²) in [6.45, 7) is 1.99. The summed E-state index contributed by atoms with van der Waals surface area (Å²) in [5.41, 5.74) is 2.74. The fraction of sp³-hybridized carbons (Fsp3) is 0.222. The molecule has 0 aromatic heterocycles. The van der Waals surface area contributed by atoms with Gasteiger partial charge in [0, 0.05) is 17.9 Å². The average Bonchev–Trinajstić information content (AvgIpc) is 2.49. The first kappa shape index (κ1) is 13.6. The number of Topliss-reactive ketones (excluding diaryl/α,β-unsaturated/α-hetero) is 1. The molecule has 0 saturated heterocycles. The maximum atomic E-state index is 12.4. The molecule has 1 heterocycles. The second kappa shape index (κ2) is 5.52. The van der Waals surface area contributed by atoms with Crippen LogP contribution in [0, 0.1) is 6.92 Å². The predicted octanol–water partition coefficient (Wildman–Crippen LogP) is 3.66. The smallest absolute Gasteiger partial charge is 0.311 e. The molecule has 3 heteroatoms. The van der Waals surface area contributed by atoms with Crippen LogP contribution < -0.4 is 4.74 Å². The van der Waals surface area contributed by atoms with E-state index in [4.69, 9.17) is 4.74 Å². The van der Waals surface area contributed by atoms with Gasteiger partial charge in [-0.25, -0.2) is 0 Å². The van der Waals surface area contributed by atoms with E-state index in [9.17, 15) is 9.59 Å². The number of ketones is 1. The van der Waals surface area contributed by atoms with Gasteiger partial charge in [-0.1, -0.05) is 48.0 Å². The normalized spacial score (nSPS) is 17.0. The summed E-state index contributed by atoms with van der Waals surface area (Å²) in [6.07, 6.45) is 0.588. The van der Waals surface area contributed by atoms with Crippen LogP contribution in [-0.2, 0) is 4.79 Å². The van der Waals surface area contributed by atoms with Gasteiger partial charge in [0.1, 0.15) is 5.75 Å². The van der Waals surface area contributed by atoms with Crippen LogP contribution >= 0.6 is 0 Å². The molecule has 21 heavy (non-hydrogen) atoms. The first-order valence-corrected chi connectivity index (χ1v) is 7.03. The van der Waals surface area contributed by atoms with Crippen molar-refractivity contribution in [2.75, 3.05) is 0 Å². The van der Waals surface area contributed by atoms with Crippen LogP contribution in [0.4, 0.5) is 0 Å². The molecule has 0 radical (unpaired) electrons. The molecule has 1 aliphatic heterocycles. The van der Waals surface area contributed by atoms with Crippen LogP contribution in [0.3, 0.4) is 0 Å². The molecule has 0 amide bonds. The molecule has 0 saturated carbocycles. The summed E-state index contributed by atoms with van der Waals surface area (Å²) in [5, 5.41) is 0. The Hall–Kier alpha value is -2.42. The van der Waals surface area contributed by atoms with Crippen molar-refractivity contribution >= 4 is 11.8 Å². The highest BCUT2D eigenvalue weighted by atomic mass is 16.5. The second-order valence-corrected chi connectivity index (χ2v) is 5.41. The van der Waals surface area contributed by atoms with Gasteiger partial charge in [-0.15, -0.1) is 0 Å². The molecule has 2 aromatic rings. The third-order valence-corrected chi connectivity index (χ3v) is 3.77. The minimum absolute atomic E-state index is 0.0581. The Labute approximate surface area is 123 Å². The second-order valence-electron chi connectivity index (χ2n) is 5.41. The highest BCUT2D eigenvalue weighted by Crippen LogP contribution is 2.37. The van der Waals surface area contributed by atoms with Crippen LogP contribution in [0.15, 0.2) is 48.5 Å². The zero-order valence-corrected chi connectivity index (χ0v) is 11.8. The Morgan fingerprint density at radius 2 is 1.95 bits per heavy atom. The SMILES string of the molecule is Cc1ccc2c(c1)C(CC(=O)c1ccccc1)CC(=O)O2. The largest absolute Gasteiger partial charge is 0.426 e. The molecule has 0 fully saturated rings. The van der Waals surface area contributed by atoms with Gasteiger partial charge in [-0.05, 0) is 18.6 Å². The Balaban J connectivity index is 1.88. The molecule has 3 nitrogen and oxygen atoms in total. The van der Waals surface area contributed by atoms with E-state index in [0.29, 0.717) is 17.7 Å². The maximum absolute atomic E-state index is 12.4. The molecule has 106 valence electrons. The number of carbonyl (C=O) groups is 2. The Bertz CT molecular complexity index is 689. The van der Waals surface area contributed by atoms with Crippen molar-refractivity contribution in [2.45, 2.75) is 25.7 Å². The number of fused-ring (bicyclic) bond motifs is 1. The lowest BCUT2D eigenvalue weighted by Crippen LogP contribution is -2.22. The van der Waals surface area contributed by atoms with Gasteiger partial charge in [-0.2, -0.15) is 0 Å². The van der Waals surface area contributed by atoms with Crippen LogP contribution in [0.25, 0.3) is 0 Å². The fourth-order valence-corrected chi connectivity index (χ4v) is 2.70. The van der Waals surface area contributed by atoms with Gasteiger partial charge >= 0.3 is 5.97 Å². The molecule has 0 N–H and O–H groups in total. The van der Waals surface area contributed by atoms with Crippen molar-refractivity contribution in [1.82, 2.24) is 0 Å². The lowest BCUT2D eigenvalue weighted by atomic mass is 9.86. The number of benzene rings is 2. The molecule has 1 unspecified atom stereocenters. The van der Waals surface area contributed by atoms with Crippen LogP contribution in [0.2, 0.25) is 0 Å². The minimum atomic E-state index is -0.266. The lowest BCUT2D eigenvalue weighted by molar-refractivity contribution is -0.135. The molecule has 0 bridgehead atoms. The summed E-state index contributed by atoms with van der Waals surface area (Å²) in [7, 11) is 0. The number of esters is 1. The first-order chi connectivity index (χ1) is 10.1. The van der Waals surface area contributed by atoms with E-state index in [1.807, 2.05) is 43.3 Å². The topological polar surface area (TPSA) is 43.4 Å². The number of aryl methyl sites for hydroxylation is 1. The van der Waals surface area contributed by atoms with E-state index in [1.165, 1.54) is 0 Å². The van der Waals surface area contributed by atoms with Gasteiger partial charge in [0.25, 0.3) is 0 Å². The number of carbonyl (C=O) groups excluding carboxylic acids is 2. The summed E-state index contributed by atoms with van der Waals surface area (Å²) in [5.74, 6) is 0.275. The summed E-state index contributed by atoms with van der Waals surface area (Å²) < 4.78 is 5.25. The molecular formula is C18H16O3. The van der Waals surface area contributed by atoms with Crippen molar-refractivity contribution in [2.24, 2.45) is 0 Å². The van der Waals surface area contributed by atoms with Crippen LogP contribution in [0.1, 0.15) is 40.2 Å². The van der Waals surface area contributed by atoms with Crippen molar-refractivity contribution < 1.29 is 14.3 Å². The molecule has 0 spiro atoms. The van der Waals surface area contributed by atoms with E-state index in [-0.39, 0.29) is 24.1 Å². The maximum Gasteiger partial charge on any atom is 0.311 e.